The summed E-state index contributed by atoms with van der Waals surface area (Å²) in [6, 6.07) is 16.0. The lowest BCUT2D eigenvalue weighted by atomic mass is 9.80. The van der Waals surface area contributed by atoms with Crippen molar-refractivity contribution in [3.05, 3.63) is 70.8 Å². The van der Waals surface area contributed by atoms with Crippen molar-refractivity contribution in [2.45, 2.75) is 32.6 Å². The number of likely N-dealkylation sites (tertiary alicyclic amines) is 1. The van der Waals surface area contributed by atoms with Crippen molar-refractivity contribution in [1.82, 2.24) is 9.80 Å². The van der Waals surface area contributed by atoms with Gasteiger partial charge in [0.05, 0.1) is 13.2 Å². The van der Waals surface area contributed by atoms with Crippen LogP contribution in [0.3, 0.4) is 0 Å². The summed E-state index contributed by atoms with van der Waals surface area (Å²) in [5.41, 5.74) is 4.62. The monoisotopic (exact) mass is 420 g/mol. The average molecular weight is 421 g/mol. The number of ether oxygens (including phenoxy) is 1. The minimum Gasteiger partial charge on any atom is -0.378 e. The fourth-order valence-electron chi connectivity index (χ4n) is 4.91. The van der Waals surface area contributed by atoms with Gasteiger partial charge in [0, 0.05) is 44.1 Å². The Hall–Kier alpha value is -2.66. The molecule has 2 aliphatic heterocycles. The summed E-state index contributed by atoms with van der Waals surface area (Å²) in [7, 11) is 0. The molecule has 2 unspecified atom stereocenters. The molecular formula is C26H32N2O3. The van der Waals surface area contributed by atoms with E-state index in [4.69, 9.17) is 4.74 Å². The Morgan fingerprint density at radius 2 is 1.68 bits per heavy atom. The van der Waals surface area contributed by atoms with Gasteiger partial charge in [-0.15, -0.1) is 0 Å². The molecule has 0 bridgehead atoms. The molecule has 164 valence electrons. The standard InChI is InChI=1S/C26H32N2O3/c1-19-7-6-10-24(20(19)2)23-15-21(16-25(29)22-8-4-3-5-9-22)17-28(18-23)26(30)27-11-13-31-14-12-27/h3-10,21,23H,11-18H2,1-2H3. The lowest BCUT2D eigenvalue weighted by Crippen LogP contribution is -2.52. The van der Waals surface area contributed by atoms with Gasteiger partial charge in [0.1, 0.15) is 0 Å². The van der Waals surface area contributed by atoms with Crippen molar-refractivity contribution in [3.63, 3.8) is 0 Å². The van der Waals surface area contributed by atoms with Gasteiger partial charge in [0.2, 0.25) is 0 Å². The Morgan fingerprint density at radius 3 is 2.42 bits per heavy atom. The number of hydrogen-bond donors (Lipinski definition) is 0. The number of carbonyl (C=O) groups is 2. The zero-order valence-corrected chi connectivity index (χ0v) is 18.5. The van der Waals surface area contributed by atoms with E-state index in [1.807, 2.05) is 40.1 Å². The first kappa shape index (κ1) is 21.6. The molecule has 5 nitrogen and oxygen atoms in total. The molecule has 2 saturated heterocycles. The first-order valence-electron chi connectivity index (χ1n) is 11.3. The molecule has 0 spiro atoms. The first-order valence-corrected chi connectivity index (χ1v) is 11.3. The molecule has 2 aliphatic rings. The minimum atomic E-state index is 0.0791. The highest BCUT2D eigenvalue weighted by Crippen LogP contribution is 2.35. The highest BCUT2D eigenvalue weighted by Gasteiger charge is 2.34. The van der Waals surface area contributed by atoms with Crippen LogP contribution in [0.2, 0.25) is 0 Å². The molecule has 2 heterocycles. The minimum absolute atomic E-state index is 0.0791. The molecule has 2 aromatic rings. The van der Waals surface area contributed by atoms with Gasteiger partial charge in [0.25, 0.3) is 0 Å². The maximum absolute atomic E-state index is 13.3. The van der Waals surface area contributed by atoms with Crippen molar-refractivity contribution < 1.29 is 14.3 Å². The first-order chi connectivity index (χ1) is 15.0. The quantitative estimate of drug-likeness (QED) is 0.688. The largest absolute Gasteiger partial charge is 0.378 e. The third-order valence-corrected chi connectivity index (χ3v) is 6.75. The van der Waals surface area contributed by atoms with Crippen LogP contribution < -0.4 is 0 Å². The van der Waals surface area contributed by atoms with Gasteiger partial charge < -0.3 is 14.5 Å². The van der Waals surface area contributed by atoms with Gasteiger partial charge in [-0.05, 0) is 42.9 Å². The number of Topliss-reactive ketones (excluding diaryl/α,β-unsaturated/α-hetero) is 1. The van der Waals surface area contributed by atoms with Crippen LogP contribution in [0.4, 0.5) is 4.79 Å². The maximum Gasteiger partial charge on any atom is 0.320 e. The van der Waals surface area contributed by atoms with Crippen molar-refractivity contribution in [1.29, 1.82) is 0 Å². The predicted molar refractivity (Wildman–Crippen MR) is 122 cm³/mol. The highest BCUT2D eigenvalue weighted by atomic mass is 16.5. The Morgan fingerprint density at radius 1 is 0.935 bits per heavy atom. The lowest BCUT2D eigenvalue weighted by molar-refractivity contribution is 0.0374. The van der Waals surface area contributed by atoms with Crippen LogP contribution in [0.1, 0.15) is 45.8 Å². The molecule has 2 aromatic carbocycles. The summed E-state index contributed by atoms with van der Waals surface area (Å²) in [6.45, 7) is 8.10. The molecule has 4 rings (SSSR count). The number of rotatable bonds is 4. The van der Waals surface area contributed by atoms with Crippen LogP contribution in [0.25, 0.3) is 0 Å². The molecule has 2 atom stereocenters. The van der Waals surface area contributed by atoms with Gasteiger partial charge >= 0.3 is 6.03 Å². The fourth-order valence-corrected chi connectivity index (χ4v) is 4.91. The van der Waals surface area contributed by atoms with E-state index in [0.717, 1.165) is 12.0 Å². The van der Waals surface area contributed by atoms with Gasteiger partial charge in [-0.3, -0.25) is 4.79 Å². The molecule has 0 N–H and O–H groups in total. The highest BCUT2D eigenvalue weighted by molar-refractivity contribution is 5.96. The van der Waals surface area contributed by atoms with Crippen LogP contribution in [0.15, 0.2) is 48.5 Å². The van der Waals surface area contributed by atoms with E-state index in [1.165, 1.54) is 16.7 Å². The third-order valence-electron chi connectivity index (χ3n) is 6.75. The van der Waals surface area contributed by atoms with E-state index in [1.54, 1.807) is 0 Å². The number of benzene rings is 2. The molecular weight excluding hydrogens is 388 g/mol. The van der Waals surface area contributed by atoms with E-state index in [2.05, 4.69) is 32.0 Å². The zero-order chi connectivity index (χ0) is 21.8. The lowest BCUT2D eigenvalue weighted by Gasteiger charge is -2.41. The molecule has 2 fully saturated rings. The summed E-state index contributed by atoms with van der Waals surface area (Å²) in [5.74, 6) is 0.551. The number of nitrogens with zero attached hydrogens (tertiary/aromatic N) is 2. The Balaban J connectivity index is 1.56. The van der Waals surface area contributed by atoms with Crippen LogP contribution in [-0.2, 0) is 4.74 Å². The Bertz CT molecular complexity index is 922. The van der Waals surface area contributed by atoms with Crippen LogP contribution in [0, 0.1) is 19.8 Å². The normalized spacial score (nSPS) is 21.7. The molecule has 0 aromatic heterocycles. The fraction of sp³-hybridized carbons (Fsp3) is 0.462. The van der Waals surface area contributed by atoms with Crippen molar-refractivity contribution in [2.75, 3.05) is 39.4 Å². The number of aryl methyl sites for hydroxylation is 1. The number of amides is 2. The number of ketones is 1. The summed E-state index contributed by atoms with van der Waals surface area (Å²) in [6.07, 6.45) is 1.40. The second-order valence-corrected chi connectivity index (χ2v) is 8.87. The van der Waals surface area contributed by atoms with E-state index in [0.29, 0.717) is 45.8 Å². The van der Waals surface area contributed by atoms with Gasteiger partial charge in [-0.2, -0.15) is 0 Å². The van der Waals surface area contributed by atoms with Crippen molar-refractivity contribution >= 4 is 11.8 Å². The summed E-state index contributed by atoms with van der Waals surface area (Å²) < 4.78 is 5.42. The molecule has 0 saturated carbocycles. The average Bonchev–Trinajstić information content (AvgIpc) is 2.81. The van der Waals surface area contributed by atoms with E-state index >= 15 is 0 Å². The third kappa shape index (κ3) is 4.99. The van der Waals surface area contributed by atoms with E-state index in [9.17, 15) is 9.59 Å². The Kier molecular flexibility index (Phi) is 6.71. The number of hydrogen-bond acceptors (Lipinski definition) is 3. The number of carbonyl (C=O) groups excluding carboxylic acids is 2. The Labute approximate surface area is 185 Å². The summed E-state index contributed by atoms with van der Waals surface area (Å²) >= 11 is 0. The number of urea groups is 1. The second kappa shape index (κ2) is 9.65. The van der Waals surface area contributed by atoms with E-state index in [-0.39, 0.29) is 23.7 Å². The van der Waals surface area contributed by atoms with Crippen molar-refractivity contribution in [3.8, 4) is 0 Å². The smallest absolute Gasteiger partial charge is 0.320 e. The molecule has 0 radical (unpaired) electrons. The number of morpholine rings is 1. The van der Waals surface area contributed by atoms with Crippen LogP contribution in [0.5, 0.6) is 0 Å². The predicted octanol–water partition coefficient (Wildman–Crippen LogP) is 4.43. The summed E-state index contributed by atoms with van der Waals surface area (Å²) in [4.78, 5) is 30.1. The maximum atomic E-state index is 13.3. The van der Waals surface area contributed by atoms with Gasteiger partial charge in [-0.1, -0.05) is 48.5 Å². The molecule has 2 amide bonds. The van der Waals surface area contributed by atoms with Crippen LogP contribution >= 0.6 is 0 Å². The second-order valence-electron chi connectivity index (χ2n) is 8.87. The van der Waals surface area contributed by atoms with Crippen molar-refractivity contribution in [2.24, 2.45) is 5.92 Å². The van der Waals surface area contributed by atoms with Gasteiger partial charge in [0.15, 0.2) is 5.78 Å². The summed E-state index contributed by atoms with van der Waals surface area (Å²) in [5, 5.41) is 0. The number of piperidine rings is 1. The molecule has 5 heteroatoms. The molecule has 0 aliphatic carbocycles. The van der Waals surface area contributed by atoms with Crippen LogP contribution in [-0.4, -0.2) is 61.0 Å². The topological polar surface area (TPSA) is 49.9 Å². The zero-order valence-electron chi connectivity index (χ0n) is 18.5. The molecule has 31 heavy (non-hydrogen) atoms. The van der Waals surface area contributed by atoms with Gasteiger partial charge in [-0.25, -0.2) is 4.79 Å². The van der Waals surface area contributed by atoms with E-state index < -0.39 is 0 Å². The SMILES string of the molecule is Cc1cccc(C2CC(CC(=O)c3ccccc3)CN(C(=O)N3CCOCC3)C2)c1C.